The number of imidazole rings is 1. The number of aromatic carboxylic acids is 1. The molecule has 0 aliphatic rings. The van der Waals surface area contributed by atoms with Gasteiger partial charge >= 0.3 is 18.1 Å². The molecule has 0 amide bonds. The molecule has 2 aromatic rings. The maximum Gasteiger partial charge on any atom is 0.490 e. The Bertz CT molecular complexity index is 546. The van der Waals surface area contributed by atoms with E-state index in [1.165, 1.54) is 11.3 Å². The number of hydrogen-bond donors (Lipinski definition) is 3. The molecule has 2 aromatic heterocycles. The van der Waals surface area contributed by atoms with Crippen LogP contribution in [0.3, 0.4) is 0 Å². The number of hydrogen-bond acceptors (Lipinski definition) is 4. The van der Waals surface area contributed by atoms with Gasteiger partial charge in [0.25, 0.3) is 0 Å². The first-order valence-electron chi connectivity index (χ1n) is 4.18. The molecule has 0 fully saturated rings. The van der Waals surface area contributed by atoms with Crippen molar-refractivity contribution in [2.24, 2.45) is 0 Å². The molecule has 2 rings (SSSR count). The third kappa shape index (κ3) is 3.45. The Hall–Kier alpha value is -2.10. The van der Waals surface area contributed by atoms with Crippen molar-refractivity contribution in [2.75, 3.05) is 0 Å². The summed E-state index contributed by atoms with van der Waals surface area (Å²) in [6.07, 6.45) is -3.53. The van der Waals surface area contributed by atoms with Crippen molar-refractivity contribution in [2.45, 2.75) is 6.18 Å². The highest BCUT2D eigenvalue weighted by Gasteiger charge is 2.38. The summed E-state index contributed by atoms with van der Waals surface area (Å²) in [5, 5.41) is 15.7. The number of thiophene rings is 1. The number of fused-ring (bicyclic) bond motifs is 1. The van der Waals surface area contributed by atoms with Crippen molar-refractivity contribution in [1.82, 2.24) is 9.97 Å². The fourth-order valence-electron chi connectivity index (χ4n) is 0.847. The monoisotopic (exact) mass is 282 g/mol. The van der Waals surface area contributed by atoms with E-state index in [0.29, 0.717) is 4.88 Å². The molecule has 0 bridgehead atoms. The van der Waals surface area contributed by atoms with Crippen LogP contribution in [0.2, 0.25) is 0 Å². The minimum atomic E-state index is -5.08. The lowest BCUT2D eigenvalue weighted by molar-refractivity contribution is -0.192. The van der Waals surface area contributed by atoms with Gasteiger partial charge in [0, 0.05) is 0 Å². The van der Waals surface area contributed by atoms with Crippen LogP contribution >= 0.6 is 11.3 Å². The fourth-order valence-corrected chi connectivity index (χ4v) is 1.65. The summed E-state index contributed by atoms with van der Waals surface area (Å²) in [4.78, 5) is 27.1. The topological polar surface area (TPSA) is 103 Å². The van der Waals surface area contributed by atoms with Gasteiger partial charge in [-0.1, -0.05) is 0 Å². The van der Waals surface area contributed by atoms with Crippen molar-refractivity contribution >= 4 is 33.6 Å². The van der Waals surface area contributed by atoms with Crippen LogP contribution in [0, 0.1) is 0 Å². The third-order valence-electron chi connectivity index (χ3n) is 1.57. The van der Waals surface area contributed by atoms with Gasteiger partial charge in [-0.05, 0) is 6.07 Å². The number of carbonyl (C=O) groups is 2. The molecule has 3 N–H and O–H groups in total. The predicted molar refractivity (Wildman–Crippen MR) is 54.6 cm³/mol. The van der Waals surface area contributed by atoms with Crippen LogP contribution in [0.15, 0.2) is 12.4 Å². The Labute approximate surface area is 101 Å². The zero-order chi connectivity index (χ0) is 13.9. The molecule has 0 saturated heterocycles. The molecular formula is C8H5F3N2O4S. The SMILES string of the molecule is O=C(O)C(F)(F)F.O=C(O)c1cc2[nH]cnc2s1. The lowest BCUT2D eigenvalue weighted by Crippen LogP contribution is -2.21. The van der Waals surface area contributed by atoms with Crippen LogP contribution in [0.5, 0.6) is 0 Å². The highest BCUT2D eigenvalue weighted by atomic mass is 32.1. The van der Waals surface area contributed by atoms with Crippen LogP contribution in [0.1, 0.15) is 9.67 Å². The second-order valence-electron chi connectivity index (χ2n) is 2.84. The zero-order valence-corrected chi connectivity index (χ0v) is 9.17. The molecule has 98 valence electrons. The molecular weight excluding hydrogens is 277 g/mol. The summed E-state index contributed by atoms with van der Waals surface area (Å²) in [6.45, 7) is 0. The molecule has 0 saturated carbocycles. The van der Waals surface area contributed by atoms with E-state index in [1.54, 1.807) is 12.4 Å². The van der Waals surface area contributed by atoms with Gasteiger partial charge in [0.1, 0.15) is 9.71 Å². The number of alkyl halides is 3. The Kier molecular flexibility index (Phi) is 3.91. The molecule has 0 spiro atoms. The molecule has 0 atom stereocenters. The summed E-state index contributed by atoms with van der Waals surface area (Å²) in [5.74, 6) is -3.66. The van der Waals surface area contributed by atoms with Crippen molar-refractivity contribution in [1.29, 1.82) is 0 Å². The van der Waals surface area contributed by atoms with E-state index in [-0.39, 0.29) is 0 Å². The minimum absolute atomic E-state index is 0.319. The number of aliphatic carboxylic acids is 1. The average molecular weight is 282 g/mol. The Morgan fingerprint density at radius 1 is 1.33 bits per heavy atom. The molecule has 18 heavy (non-hydrogen) atoms. The summed E-state index contributed by atoms with van der Waals surface area (Å²) in [7, 11) is 0. The number of nitrogens with zero attached hydrogens (tertiary/aromatic N) is 1. The number of aromatic amines is 1. The number of carboxylic acid groups (broad SMARTS) is 2. The smallest absolute Gasteiger partial charge is 0.477 e. The van der Waals surface area contributed by atoms with Gasteiger partial charge in [-0.2, -0.15) is 13.2 Å². The van der Waals surface area contributed by atoms with Crippen LogP contribution in [0.25, 0.3) is 10.3 Å². The molecule has 0 aromatic carbocycles. The van der Waals surface area contributed by atoms with Crippen molar-refractivity contribution in [3.8, 4) is 0 Å². The van der Waals surface area contributed by atoms with E-state index in [9.17, 15) is 18.0 Å². The highest BCUT2D eigenvalue weighted by Crippen LogP contribution is 2.21. The Morgan fingerprint density at radius 3 is 2.28 bits per heavy atom. The van der Waals surface area contributed by atoms with Gasteiger partial charge in [-0.15, -0.1) is 11.3 Å². The first-order chi connectivity index (χ1) is 8.21. The van der Waals surface area contributed by atoms with E-state index in [2.05, 4.69) is 9.97 Å². The van der Waals surface area contributed by atoms with Gasteiger partial charge < -0.3 is 15.2 Å². The maximum absolute atomic E-state index is 10.6. The predicted octanol–water partition coefficient (Wildman–Crippen LogP) is 1.96. The van der Waals surface area contributed by atoms with Crippen LogP contribution in [-0.2, 0) is 4.79 Å². The number of carboxylic acids is 2. The average Bonchev–Trinajstić information content (AvgIpc) is 2.74. The summed E-state index contributed by atoms with van der Waals surface area (Å²) in [6, 6.07) is 1.58. The lowest BCUT2D eigenvalue weighted by Gasteiger charge is -1.93. The van der Waals surface area contributed by atoms with E-state index in [1.807, 2.05) is 0 Å². The second kappa shape index (κ2) is 5.04. The normalized spacial score (nSPS) is 10.8. The number of aromatic nitrogens is 2. The first kappa shape index (κ1) is 14.0. The van der Waals surface area contributed by atoms with E-state index in [4.69, 9.17) is 15.0 Å². The number of nitrogens with one attached hydrogen (secondary N) is 1. The molecule has 6 nitrogen and oxygen atoms in total. The number of rotatable bonds is 1. The van der Waals surface area contributed by atoms with E-state index >= 15 is 0 Å². The van der Waals surface area contributed by atoms with Crippen molar-refractivity contribution < 1.29 is 33.0 Å². The van der Waals surface area contributed by atoms with Crippen LogP contribution in [0.4, 0.5) is 13.2 Å². The van der Waals surface area contributed by atoms with E-state index in [0.717, 1.165) is 10.3 Å². The molecule has 0 aliphatic carbocycles. The number of H-pyrrole nitrogens is 1. The fraction of sp³-hybridized carbons (Fsp3) is 0.125. The lowest BCUT2D eigenvalue weighted by atomic mass is 10.4. The van der Waals surface area contributed by atoms with Gasteiger partial charge in [0.15, 0.2) is 0 Å². The van der Waals surface area contributed by atoms with Crippen LogP contribution in [-0.4, -0.2) is 38.3 Å². The second-order valence-corrected chi connectivity index (χ2v) is 3.87. The van der Waals surface area contributed by atoms with Crippen molar-refractivity contribution in [3.05, 3.63) is 17.3 Å². The molecule has 0 aliphatic heterocycles. The van der Waals surface area contributed by atoms with Crippen molar-refractivity contribution in [3.63, 3.8) is 0 Å². The van der Waals surface area contributed by atoms with Gasteiger partial charge in [0.2, 0.25) is 0 Å². The van der Waals surface area contributed by atoms with Gasteiger partial charge in [0.05, 0.1) is 11.8 Å². The van der Waals surface area contributed by atoms with E-state index < -0.39 is 18.1 Å². The third-order valence-corrected chi connectivity index (χ3v) is 2.60. The molecule has 0 unspecified atom stereocenters. The Balaban J connectivity index is 0.000000203. The first-order valence-corrected chi connectivity index (χ1v) is 4.99. The van der Waals surface area contributed by atoms with Gasteiger partial charge in [-0.3, -0.25) is 0 Å². The summed E-state index contributed by atoms with van der Waals surface area (Å²) < 4.78 is 31.7. The summed E-state index contributed by atoms with van der Waals surface area (Å²) in [5.41, 5.74) is 0.785. The molecule has 2 heterocycles. The zero-order valence-electron chi connectivity index (χ0n) is 8.35. The van der Waals surface area contributed by atoms with Crippen LogP contribution < -0.4 is 0 Å². The number of halogens is 3. The standard InChI is InChI=1S/C6H4N2O2S.C2HF3O2/c9-6(10)4-1-3-5(11-4)8-2-7-3;3-2(4,5)1(6)7/h1-2H,(H,7,8)(H,9,10);(H,6,7). The Morgan fingerprint density at radius 2 is 1.89 bits per heavy atom. The quantitative estimate of drug-likeness (QED) is 0.741. The molecule has 10 heteroatoms. The maximum atomic E-state index is 10.6. The highest BCUT2D eigenvalue weighted by molar-refractivity contribution is 7.20. The molecule has 0 radical (unpaired) electrons. The van der Waals surface area contributed by atoms with Gasteiger partial charge in [-0.25, -0.2) is 14.6 Å². The minimum Gasteiger partial charge on any atom is -0.477 e. The summed E-state index contributed by atoms with van der Waals surface area (Å²) >= 11 is 1.17. The largest absolute Gasteiger partial charge is 0.490 e.